The number of hydrogen-bond donors (Lipinski definition) is 1. The van der Waals surface area contributed by atoms with E-state index in [2.05, 4.69) is 10.2 Å². The van der Waals surface area contributed by atoms with Crippen LogP contribution in [0.3, 0.4) is 0 Å². The second-order valence-corrected chi connectivity index (χ2v) is 4.79. The summed E-state index contributed by atoms with van der Waals surface area (Å²) in [6.45, 7) is 2.25. The normalized spacial score (nSPS) is 10.4. The molecule has 0 radical (unpaired) electrons. The van der Waals surface area contributed by atoms with Crippen LogP contribution in [0.4, 0.5) is 5.69 Å². The van der Waals surface area contributed by atoms with Crippen LogP contribution in [-0.2, 0) is 6.54 Å². The Hall–Kier alpha value is -2.42. The average molecular weight is 294 g/mol. The van der Waals surface area contributed by atoms with Gasteiger partial charge < -0.3 is 0 Å². The smallest absolute Gasteiger partial charge is 0.298 e. The number of aromatic nitrogens is 3. The summed E-state index contributed by atoms with van der Waals surface area (Å²) >= 11 is 1.15. The molecule has 0 spiro atoms. The van der Waals surface area contributed by atoms with E-state index in [0.717, 1.165) is 11.8 Å². The molecule has 20 heavy (non-hydrogen) atoms. The predicted octanol–water partition coefficient (Wildman–Crippen LogP) is 1.46. The van der Waals surface area contributed by atoms with E-state index in [1.807, 2.05) is 0 Å². The van der Waals surface area contributed by atoms with E-state index in [9.17, 15) is 19.7 Å². The monoisotopic (exact) mass is 294 g/mol. The Morgan fingerprint density at radius 2 is 2.30 bits per heavy atom. The zero-order chi connectivity index (χ0) is 14.7. The molecule has 2 aromatic rings. The van der Waals surface area contributed by atoms with Crippen molar-refractivity contribution in [1.82, 2.24) is 14.8 Å². The fourth-order valence-corrected chi connectivity index (χ4v) is 2.57. The lowest BCUT2D eigenvalue weighted by Gasteiger charge is -2.03. The van der Waals surface area contributed by atoms with Crippen LogP contribution in [0.5, 0.6) is 0 Å². The summed E-state index contributed by atoms with van der Waals surface area (Å²) in [4.78, 5) is 33.0. The number of rotatable bonds is 5. The van der Waals surface area contributed by atoms with Gasteiger partial charge in [-0.1, -0.05) is 0 Å². The highest BCUT2D eigenvalue weighted by Gasteiger charge is 2.15. The van der Waals surface area contributed by atoms with Gasteiger partial charge >= 0.3 is 5.69 Å². The second kappa shape index (κ2) is 5.70. The van der Waals surface area contributed by atoms with Crippen LogP contribution >= 0.6 is 11.8 Å². The number of H-pyrrole nitrogens is 1. The van der Waals surface area contributed by atoms with Crippen LogP contribution in [-0.4, -0.2) is 26.0 Å². The second-order valence-electron chi connectivity index (χ2n) is 3.75. The molecule has 8 nitrogen and oxygen atoms in total. The molecule has 1 N–H and O–H groups in total. The van der Waals surface area contributed by atoms with Crippen LogP contribution in [0.1, 0.15) is 17.3 Å². The average Bonchev–Trinajstić information content (AvgIpc) is 2.78. The van der Waals surface area contributed by atoms with Crippen molar-refractivity contribution in [2.75, 3.05) is 0 Å². The Bertz CT molecular complexity index is 721. The van der Waals surface area contributed by atoms with Crippen molar-refractivity contribution in [3.05, 3.63) is 44.4 Å². The Morgan fingerprint density at radius 1 is 1.55 bits per heavy atom. The summed E-state index contributed by atoms with van der Waals surface area (Å²) in [6.07, 6.45) is 0.430. The summed E-state index contributed by atoms with van der Waals surface area (Å²) in [6, 6.07) is 4.16. The number of aromatic amines is 1. The maximum Gasteiger partial charge on any atom is 0.343 e. The molecule has 0 unspecified atom stereocenters. The first-order valence-corrected chi connectivity index (χ1v) is 6.45. The largest absolute Gasteiger partial charge is 0.343 e. The Morgan fingerprint density at radius 3 is 2.90 bits per heavy atom. The van der Waals surface area contributed by atoms with Gasteiger partial charge in [0.2, 0.25) is 0 Å². The van der Waals surface area contributed by atoms with Crippen LogP contribution in [0, 0.1) is 10.1 Å². The van der Waals surface area contributed by atoms with Crippen molar-refractivity contribution in [2.24, 2.45) is 0 Å². The topological polar surface area (TPSA) is 111 Å². The zero-order valence-corrected chi connectivity index (χ0v) is 11.2. The molecule has 2 rings (SSSR count). The van der Waals surface area contributed by atoms with Gasteiger partial charge in [-0.3, -0.25) is 19.5 Å². The number of hydrogen-bond acceptors (Lipinski definition) is 6. The highest BCUT2D eigenvalue weighted by molar-refractivity contribution is 7.99. The minimum atomic E-state index is -0.616. The van der Waals surface area contributed by atoms with Crippen molar-refractivity contribution in [2.45, 2.75) is 23.5 Å². The number of carbonyl (C=O) groups is 1. The summed E-state index contributed by atoms with van der Waals surface area (Å²) in [7, 11) is 0. The first-order valence-electron chi connectivity index (χ1n) is 5.63. The molecule has 0 atom stereocenters. The Kier molecular flexibility index (Phi) is 3.99. The first kappa shape index (κ1) is 14.0. The molecule has 9 heteroatoms. The lowest BCUT2D eigenvalue weighted by atomic mass is 10.2. The van der Waals surface area contributed by atoms with Gasteiger partial charge in [0, 0.05) is 17.5 Å². The van der Waals surface area contributed by atoms with Crippen LogP contribution in [0.15, 0.2) is 33.0 Å². The summed E-state index contributed by atoms with van der Waals surface area (Å²) < 4.78 is 1.42. The molecule has 0 fully saturated rings. The van der Waals surface area contributed by atoms with E-state index >= 15 is 0 Å². The number of benzene rings is 1. The van der Waals surface area contributed by atoms with Crippen molar-refractivity contribution in [1.29, 1.82) is 0 Å². The van der Waals surface area contributed by atoms with Gasteiger partial charge in [0.15, 0.2) is 11.4 Å². The van der Waals surface area contributed by atoms with E-state index in [0.29, 0.717) is 22.9 Å². The molecule has 0 amide bonds. The first-order chi connectivity index (χ1) is 9.56. The van der Waals surface area contributed by atoms with Gasteiger partial charge in [-0.2, -0.15) is 0 Å². The quantitative estimate of drug-likeness (QED) is 0.507. The molecule has 0 aliphatic carbocycles. The minimum absolute atomic E-state index is 0.0130. The van der Waals surface area contributed by atoms with Crippen LogP contribution in [0.25, 0.3) is 0 Å². The van der Waals surface area contributed by atoms with Crippen molar-refractivity contribution in [3.8, 4) is 0 Å². The molecule has 104 valence electrons. The van der Waals surface area contributed by atoms with Crippen LogP contribution in [0.2, 0.25) is 0 Å². The molecule has 0 aliphatic rings. The molecule has 1 aromatic heterocycles. The lowest BCUT2D eigenvalue weighted by molar-refractivity contribution is -0.385. The Labute approximate surface area is 117 Å². The summed E-state index contributed by atoms with van der Waals surface area (Å²) in [5, 5.41) is 17.4. The standard InChI is InChI=1S/C11H10N4O4S/c1-2-14-10(17)12-13-11(14)20-8-3-4-9(15(18)19)7(5-8)6-16/h3-6H,2H2,1H3,(H,12,17). The van der Waals surface area contributed by atoms with Gasteiger partial charge in [0.25, 0.3) is 5.69 Å². The third kappa shape index (κ3) is 2.62. The third-order valence-corrected chi connectivity index (χ3v) is 3.56. The van der Waals surface area contributed by atoms with E-state index in [-0.39, 0.29) is 16.9 Å². The molecule has 0 saturated heterocycles. The molecule has 0 saturated carbocycles. The van der Waals surface area contributed by atoms with E-state index in [4.69, 9.17) is 0 Å². The van der Waals surface area contributed by atoms with Gasteiger partial charge in [-0.05, 0) is 30.8 Å². The molecule has 1 aromatic carbocycles. The molecule has 1 heterocycles. The third-order valence-electron chi connectivity index (χ3n) is 2.57. The van der Waals surface area contributed by atoms with E-state index in [1.165, 1.54) is 22.8 Å². The van der Waals surface area contributed by atoms with E-state index < -0.39 is 4.92 Å². The molecular weight excluding hydrogens is 284 g/mol. The lowest BCUT2D eigenvalue weighted by Crippen LogP contribution is -2.15. The van der Waals surface area contributed by atoms with Gasteiger partial charge in [-0.15, -0.1) is 5.10 Å². The highest BCUT2D eigenvalue weighted by Crippen LogP contribution is 2.29. The maximum atomic E-state index is 11.4. The minimum Gasteiger partial charge on any atom is -0.298 e. The molecule has 0 bridgehead atoms. The van der Waals surface area contributed by atoms with Gasteiger partial charge in [0.05, 0.1) is 10.5 Å². The van der Waals surface area contributed by atoms with Crippen molar-refractivity contribution in [3.63, 3.8) is 0 Å². The Balaban J connectivity index is 2.37. The van der Waals surface area contributed by atoms with Gasteiger partial charge in [-0.25, -0.2) is 9.89 Å². The fraction of sp³-hybridized carbons (Fsp3) is 0.182. The van der Waals surface area contributed by atoms with Crippen molar-refractivity contribution >= 4 is 23.7 Å². The maximum absolute atomic E-state index is 11.4. The van der Waals surface area contributed by atoms with Gasteiger partial charge in [0.1, 0.15) is 0 Å². The summed E-state index contributed by atoms with van der Waals surface area (Å²) in [5.41, 5.74) is -0.590. The molecule has 0 aliphatic heterocycles. The number of nitrogens with one attached hydrogen (secondary N) is 1. The zero-order valence-electron chi connectivity index (χ0n) is 10.4. The summed E-state index contributed by atoms with van der Waals surface area (Å²) in [5.74, 6) is 0. The van der Waals surface area contributed by atoms with Crippen LogP contribution < -0.4 is 5.69 Å². The SMILES string of the molecule is CCn1c(Sc2ccc([N+](=O)[O-])c(C=O)c2)n[nH]c1=O. The number of nitro groups is 1. The van der Waals surface area contributed by atoms with Crippen molar-refractivity contribution < 1.29 is 9.72 Å². The van der Waals surface area contributed by atoms with E-state index in [1.54, 1.807) is 6.92 Å². The molecular formula is C11H10N4O4S. The number of nitrogens with zero attached hydrogens (tertiary/aromatic N) is 3. The number of carbonyl (C=O) groups excluding carboxylic acids is 1. The predicted molar refractivity (Wildman–Crippen MR) is 71.1 cm³/mol. The number of aldehydes is 1. The fourth-order valence-electron chi connectivity index (χ4n) is 1.62. The highest BCUT2D eigenvalue weighted by atomic mass is 32.2. The number of nitro benzene ring substituents is 1.